The highest BCUT2D eigenvalue weighted by Crippen LogP contribution is 2.58. The van der Waals surface area contributed by atoms with Crippen LogP contribution in [0.3, 0.4) is 0 Å². The van der Waals surface area contributed by atoms with Crippen LogP contribution in [0.4, 0.5) is 17.1 Å². The van der Waals surface area contributed by atoms with Gasteiger partial charge in [-0.15, -0.1) is 0 Å². The van der Waals surface area contributed by atoms with Crippen LogP contribution in [0, 0.1) is 0 Å². The standard InChI is InChI=1S/C49H47Br2NO/c1-3-5-7-13-31-49(32-14-8-6-4-2)43-17-11-9-15-40(43)47-44(49)33-42(46-41-16-10-12-18-45(41)53-48(46)47)34-19-25-37(26-20-34)52(38-27-21-35(50)22-28-38)39-29-23-36(51)24-30-39/h9-12,15-30,33H,3-8,13-14,31-32H2,1-2H3. The van der Waals surface area contributed by atoms with E-state index in [1.165, 1.54) is 108 Å². The third kappa shape index (κ3) is 6.78. The SMILES string of the molecule is CCCCCCC1(CCCCCC)c2ccccc2-c2c1cc(-c1ccc(N(c3ccc(Br)cc3)c3ccc(Br)cc3)cc1)c1c2oc2ccccc21. The number of nitrogens with zero attached hydrogens (tertiary/aromatic N) is 1. The molecule has 4 heteroatoms. The summed E-state index contributed by atoms with van der Waals surface area (Å²) in [6.07, 6.45) is 12.4. The van der Waals surface area contributed by atoms with E-state index in [9.17, 15) is 0 Å². The summed E-state index contributed by atoms with van der Waals surface area (Å²) >= 11 is 7.27. The first-order chi connectivity index (χ1) is 26.0. The smallest absolute Gasteiger partial charge is 0.144 e. The van der Waals surface area contributed by atoms with Gasteiger partial charge in [0.15, 0.2) is 0 Å². The lowest BCUT2D eigenvalue weighted by Crippen LogP contribution is -2.25. The van der Waals surface area contributed by atoms with Crippen molar-refractivity contribution < 1.29 is 4.42 Å². The number of fused-ring (bicyclic) bond motifs is 7. The number of para-hydroxylation sites is 1. The van der Waals surface area contributed by atoms with Gasteiger partial charge < -0.3 is 9.32 Å². The summed E-state index contributed by atoms with van der Waals surface area (Å²) in [5.41, 5.74) is 13.4. The minimum atomic E-state index is -0.0325. The third-order valence-electron chi connectivity index (χ3n) is 11.4. The molecule has 2 nitrogen and oxygen atoms in total. The number of benzene rings is 6. The molecular weight excluding hydrogens is 778 g/mol. The van der Waals surface area contributed by atoms with Gasteiger partial charge >= 0.3 is 0 Å². The molecule has 0 bridgehead atoms. The van der Waals surface area contributed by atoms with Gasteiger partial charge in [0.1, 0.15) is 11.2 Å². The van der Waals surface area contributed by atoms with Crippen molar-refractivity contribution in [1.29, 1.82) is 0 Å². The van der Waals surface area contributed by atoms with Crippen molar-refractivity contribution in [3.8, 4) is 22.3 Å². The Morgan fingerprint density at radius 2 is 1.09 bits per heavy atom. The molecule has 0 spiro atoms. The summed E-state index contributed by atoms with van der Waals surface area (Å²) in [7, 11) is 0. The molecular formula is C49H47Br2NO. The first-order valence-electron chi connectivity index (χ1n) is 19.5. The molecule has 268 valence electrons. The van der Waals surface area contributed by atoms with Crippen LogP contribution in [0.25, 0.3) is 44.2 Å². The van der Waals surface area contributed by atoms with Crippen molar-refractivity contribution >= 4 is 70.9 Å². The van der Waals surface area contributed by atoms with Crippen LogP contribution in [0.5, 0.6) is 0 Å². The van der Waals surface area contributed by atoms with Crippen molar-refractivity contribution in [1.82, 2.24) is 0 Å². The average molecular weight is 826 g/mol. The molecule has 6 aromatic carbocycles. The Morgan fingerprint density at radius 1 is 0.547 bits per heavy atom. The fraction of sp³-hybridized carbons (Fsp3) is 0.265. The van der Waals surface area contributed by atoms with Crippen LogP contribution in [0.15, 0.2) is 141 Å². The zero-order chi connectivity index (χ0) is 36.4. The van der Waals surface area contributed by atoms with Crippen LogP contribution in [0.2, 0.25) is 0 Å². The van der Waals surface area contributed by atoms with Crippen LogP contribution < -0.4 is 4.90 Å². The predicted octanol–water partition coefficient (Wildman–Crippen LogP) is 16.5. The Hall–Kier alpha value is -4.12. The molecule has 0 atom stereocenters. The van der Waals surface area contributed by atoms with Gasteiger partial charge in [-0.05, 0) is 113 Å². The minimum Gasteiger partial charge on any atom is -0.455 e. The Labute approximate surface area is 331 Å². The summed E-state index contributed by atoms with van der Waals surface area (Å²) < 4.78 is 9.10. The number of anilines is 3. The second-order valence-corrected chi connectivity index (χ2v) is 16.6. The number of furan rings is 1. The number of hydrogen-bond donors (Lipinski definition) is 0. The molecule has 0 fully saturated rings. The fourth-order valence-corrected chi connectivity index (χ4v) is 9.35. The second kappa shape index (κ2) is 15.7. The molecule has 1 aliphatic rings. The molecule has 1 aliphatic carbocycles. The van der Waals surface area contributed by atoms with E-state index in [2.05, 4.69) is 178 Å². The highest BCUT2D eigenvalue weighted by atomic mass is 79.9. The quantitative estimate of drug-likeness (QED) is 0.102. The normalized spacial score (nSPS) is 13.1. The second-order valence-electron chi connectivity index (χ2n) is 14.7. The van der Waals surface area contributed by atoms with Crippen LogP contribution in [-0.2, 0) is 5.41 Å². The molecule has 8 rings (SSSR count). The lowest BCUT2D eigenvalue weighted by atomic mass is 9.70. The maximum Gasteiger partial charge on any atom is 0.144 e. The highest BCUT2D eigenvalue weighted by Gasteiger charge is 2.44. The summed E-state index contributed by atoms with van der Waals surface area (Å²) in [5.74, 6) is 0. The zero-order valence-corrected chi connectivity index (χ0v) is 34.0. The maximum atomic E-state index is 6.97. The number of unbranched alkanes of at least 4 members (excludes halogenated alkanes) is 6. The molecule has 0 aliphatic heterocycles. The number of hydrogen-bond acceptors (Lipinski definition) is 2. The molecule has 0 radical (unpaired) electrons. The number of halogens is 2. The first kappa shape index (κ1) is 35.9. The van der Waals surface area contributed by atoms with Crippen molar-refractivity contribution in [2.24, 2.45) is 0 Å². The van der Waals surface area contributed by atoms with Crippen LogP contribution in [-0.4, -0.2) is 0 Å². The molecule has 7 aromatic rings. The highest BCUT2D eigenvalue weighted by molar-refractivity contribution is 9.10. The third-order valence-corrected chi connectivity index (χ3v) is 12.5. The summed E-state index contributed by atoms with van der Waals surface area (Å²) in [6.45, 7) is 4.63. The molecule has 0 N–H and O–H groups in total. The Balaban J connectivity index is 1.32. The largest absolute Gasteiger partial charge is 0.455 e. The lowest BCUT2D eigenvalue weighted by Gasteiger charge is -2.33. The van der Waals surface area contributed by atoms with E-state index in [0.29, 0.717) is 0 Å². The van der Waals surface area contributed by atoms with Gasteiger partial charge in [-0.3, -0.25) is 0 Å². The Bertz CT molecular complexity index is 2280. The van der Waals surface area contributed by atoms with E-state index in [-0.39, 0.29) is 5.41 Å². The monoisotopic (exact) mass is 823 g/mol. The van der Waals surface area contributed by atoms with Crippen molar-refractivity contribution in [2.45, 2.75) is 83.5 Å². The molecule has 0 saturated heterocycles. The molecule has 53 heavy (non-hydrogen) atoms. The van der Waals surface area contributed by atoms with Gasteiger partial charge in [-0.25, -0.2) is 0 Å². The molecule has 0 amide bonds. The van der Waals surface area contributed by atoms with E-state index in [0.717, 1.165) is 37.2 Å². The topological polar surface area (TPSA) is 16.4 Å². The van der Waals surface area contributed by atoms with Crippen molar-refractivity contribution in [3.63, 3.8) is 0 Å². The van der Waals surface area contributed by atoms with Gasteiger partial charge in [0.25, 0.3) is 0 Å². The summed E-state index contributed by atoms with van der Waals surface area (Å²) in [5, 5.41) is 2.39. The van der Waals surface area contributed by atoms with Crippen molar-refractivity contribution in [2.75, 3.05) is 4.90 Å². The van der Waals surface area contributed by atoms with E-state index >= 15 is 0 Å². The first-order valence-corrected chi connectivity index (χ1v) is 21.1. The lowest BCUT2D eigenvalue weighted by molar-refractivity contribution is 0.401. The van der Waals surface area contributed by atoms with Gasteiger partial charge in [0.2, 0.25) is 0 Å². The molecule has 1 heterocycles. The van der Waals surface area contributed by atoms with E-state index in [1.807, 2.05) is 0 Å². The minimum absolute atomic E-state index is 0.0325. The van der Waals surface area contributed by atoms with E-state index in [4.69, 9.17) is 4.42 Å². The Kier molecular flexibility index (Phi) is 10.6. The number of rotatable bonds is 14. The molecule has 1 aromatic heterocycles. The van der Waals surface area contributed by atoms with Gasteiger partial charge in [-0.1, -0.05) is 152 Å². The fourth-order valence-electron chi connectivity index (χ4n) is 8.82. The summed E-state index contributed by atoms with van der Waals surface area (Å²) in [6, 6.07) is 46.7. The van der Waals surface area contributed by atoms with Crippen LogP contribution in [0.1, 0.15) is 89.2 Å². The van der Waals surface area contributed by atoms with Gasteiger partial charge in [0, 0.05) is 47.8 Å². The molecule has 0 saturated carbocycles. The zero-order valence-electron chi connectivity index (χ0n) is 30.8. The van der Waals surface area contributed by atoms with Crippen LogP contribution >= 0.6 is 31.9 Å². The Morgan fingerprint density at radius 3 is 1.70 bits per heavy atom. The van der Waals surface area contributed by atoms with E-state index < -0.39 is 0 Å². The average Bonchev–Trinajstić information content (AvgIpc) is 3.71. The van der Waals surface area contributed by atoms with Gasteiger partial charge in [0.05, 0.1) is 0 Å². The van der Waals surface area contributed by atoms with Gasteiger partial charge in [-0.2, -0.15) is 0 Å². The van der Waals surface area contributed by atoms with Crippen molar-refractivity contribution in [3.05, 3.63) is 147 Å². The summed E-state index contributed by atoms with van der Waals surface area (Å²) in [4.78, 5) is 2.32. The predicted molar refractivity (Wildman–Crippen MR) is 233 cm³/mol. The maximum absolute atomic E-state index is 6.97. The van der Waals surface area contributed by atoms with E-state index in [1.54, 1.807) is 0 Å². The molecule has 0 unspecified atom stereocenters.